The van der Waals surface area contributed by atoms with Gasteiger partial charge < -0.3 is 4.74 Å². The van der Waals surface area contributed by atoms with Crippen molar-refractivity contribution in [1.82, 2.24) is 9.97 Å². The van der Waals surface area contributed by atoms with Gasteiger partial charge in [-0.3, -0.25) is 0 Å². The van der Waals surface area contributed by atoms with Gasteiger partial charge in [-0.25, -0.2) is 9.97 Å². The Bertz CT molecular complexity index is 232. The highest BCUT2D eigenvalue weighted by atomic mass is 16.5. The van der Waals surface area contributed by atoms with Gasteiger partial charge in [0.15, 0.2) is 0 Å². The van der Waals surface area contributed by atoms with Crippen molar-refractivity contribution in [3.8, 4) is 0 Å². The lowest BCUT2D eigenvalue weighted by Gasteiger charge is -2.20. The number of rotatable bonds is 1. The van der Waals surface area contributed by atoms with E-state index in [2.05, 4.69) is 9.97 Å². The zero-order chi connectivity index (χ0) is 8.23. The third-order valence-corrected chi connectivity index (χ3v) is 2.17. The van der Waals surface area contributed by atoms with Gasteiger partial charge in [0.2, 0.25) is 0 Å². The molecule has 0 aromatic carbocycles. The fourth-order valence-corrected chi connectivity index (χ4v) is 1.48. The van der Waals surface area contributed by atoms with Crippen molar-refractivity contribution < 1.29 is 4.74 Å². The first kappa shape index (κ1) is 7.68. The van der Waals surface area contributed by atoms with E-state index in [-0.39, 0.29) is 0 Å². The predicted octanol–water partition coefficient (Wildman–Crippen LogP) is 1.37. The van der Waals surface area contributed by atoms with Crippen molar-refractivity contribution in [1.29, 1.82) is 0 Å². The summed E-state index contributed by atoms with van der Waals surface area (Å²) in [5.41, 5.74) is 0. The molecule has 64 valence electrons. The van der Waals surface area contributed by atoms with Gasteiger partial charge in [-0.2, -0.15) is 0 Å². The molecule has 1 saturated heterocycles. The van der Waals surface area contributed by atoms with E-state index < -0.39 is 0 Å². The quantitative estimate of drug-likeness (QED) is 0.628. The first-order valence-corrected chi connectivity index (χ1v) is 4.31. The molecule has 12 heavy (non-hydrogen) atoms. The van der Waals surface area contributed by atoms with Crippen molar-refractivity contribution in [2.24, 2.45) is 0 Å². The highest BCUT2D eigenvalue weighted by Gasteiger charge is 2.17. The molecule has 0 saturated carbocycles. The van der Waals surface area contributed by atoms with Crippen LogP contribution in [0.15, 0.2) is 18.5 Å². The fourth-order valence-electron chi connectivity index (χ4n) is 1.48. The Hall–Kier alpha value is -0.960. The van der Waals surface area contributed by atoms with Crippen LogP contribution < -0.4 is 0 Å². The summed E-state index contributed by atoms with van der Waals surface area (Å²) in [5, 5.41) is 0. The van der Waals surface area contributed by atoms with E-state index in [1.807, 2.05) is 6.07 Å². The molecule has 0 unspecified atom stereocenters. The van der Waals surface area contributed by atoms with E-state index in [4.69, 9.17) is 4.74 Å². The second kappa shape index (κ2) is 3.63. The Morgan fingerprint density at radius 3 is 2.50 bits per heavy atom. The van der Waals surface area contributed by atoms with E-state index in [0.29, 0.717) is 5.92 Å². The molecule has 0 aliphatic carbocycles. The summed E-state index contributed by atoms with van der Waals surface area (Å²) in [6.07, 6.45) is 5.73. The molecule has 0 radical (unpaired) electrons. The molecule has 1 aromatic rings. The van der Waals surface area contributed by atoms with Gasteiger partial charge in [0.25, 0.3) is 0 Å². The van der Waals surface area contributed by atoms with Gasteiger partial charge in [-0.1, -0.05) is 0 Å². The normalized spacial score (nSPS) is 19.3. The highest BCUT2D eigenvalue weighted by Crippen LogP contribution is 2.22. The Balaban J connectivity index is 2.08. The lowest BCUT2D eigenvalue weighted by Crippen LogP contribution is -2.15. The molecule has 1 aliphatic heterocycles. The van der Waals surface area contributed by atoms with Crippen LogP contribution in [-0.4, -0.2) is 23.2 Å². The summed E-state index contributed by atoms with van der Waals surface area (Å²) in [5.74, 6) is 1.49. The van der Waals surface area contributed by atoms with Gasteiger partial charge in [-0.15, -0.1) is 0 Å². The lowest BCUT2D eigenvalue weighted by atomic mass is 10.00. The first-order chi connectivity index (χ1) is 5.97. The molecule has 0 spiro atoms. The molecular weight excluding hydrogens is 152 g/mol. The van der Waals surface area contributed by atoms with Crippen LogP contribution in [0, 0.1) is 0 Å². The maximum absolute atomic E-state index is 5.27. The number of nitrogens with zero attached hydrogens (tertiary/aromatic N) is 2. The number of ether oxygens (including phenoxy) is 1. The third-order valence-electron chi connectivity index (χ3n) is 2.17. The summed E-state index contributed by atoms with van der Waals surface area (Å²) in [6, 6.07) is 1.85. The van der Waals surface area contributed by atoms with Crippen molar-refractivity contribution in [2.75, 3.05) is 13.2 Å². The van der Waals surface area contributed by atoms with Crippen LogP contribution >= 0.6 is 0 Å². The highest BCUT2D eigenvalue weighted by molar-refractivity contribution is 4.97. The summed E-state index contributed by atoms with van der Waals surface area (Å²) < 4.78 is 5.27. The van der Waals surface area contributed by atoms with Crippen LogP contribution in [0.25, 0.3) is 0 Å². The van der Waals surface area contributed by atoms with Crippen LogP contribution in [0.5, 0.6) is 0 Å². The zero-order valence-electron chi connectivity index (χ0n) is 6.94. The summed E-state index contributed by atoms with van der Waals surface area (Å²) in [7, 11) is 0. The molecule has 0 N–H and O–H groups in total. The Labute approximate surface area is 71.8 Å². The van der Waals surface area contributed by atoms with Crippen molar-refractivity contribution >= 4 is 0 Å². The molecule has 3 heteroatoms. The number of aromatic nitrogens is 2. The largest absolute Gasteiger partial charge is 0.381 e. The van der Waals surface area contributed by atoms with E-state index in [9.17, 15) is 0 Å². The van der Waals surface area contributed by atoms with Crippen LogP contribution in [0.2, 0.25) is 0 Å². The second-order valence-corrected chi connectivity index (χ2v) is 2.99. The maximum atomic E-state index is 5.27. The van der Waals surface area contributed by atoms with Gasteiger partial charge in [0.1, 0.15) is 5.82 Å². The monoisotopic (exact) mass is 164 g/mol. The number of hydrogen-bond acceptors (Lipinski definition) is 3. The predicted molar refractivity (Wildman–Crippen MR) is 44.8 cm³/mol. The van der Waals surface area contributed by atoms with Gasteiger partial charge >= 0.3 is 0 Å². The average molecular weight is 164 g/mol. The van der Waals surface area contributed by atoms with E-state index >= 15 is 0 Å². The van der Waals surface area contributed by atoms with Gasteiger partial charge in [0.05, 0.1) is 0 Å². The topological polar surface area (TPSA) is 35.0 Å². The molecule has 2 heterocycles. The Morgan fingerprint density at radius 2 is 1.83 bits per heavy atom. The summed E-state index contributed by atoms with van der Waals surface area (Å²) in [4.78, 5) is 8.47. The smallest absolute Gasteiger partial charge is 0.131 e. The second-order valence-electron chi connectivity index (χ2n) is 2.99. The molecule has 1 aromatic heterocycles. The zero-order valence-corrected chi connectivity index (χ0v) is 6.94. The minimum absolute atomic E-state index is 0.514. The van der Waals surface area contributed by atoms with Gasteiger partial charge in [0, 0.05) is 31.5 Å². The van der Waals surface area contributed by atoms with E-state index in [1.54, 1.807) is 12.4 Å². The first-order valence-electron chi connectivity index (χ1n) is 4.31. The fraction of sp³-hybridized carbons (Fsp3) is 0.556. The SMILES string of the molecule is c1cnc(C2CCOCC2)nc1. The number of hydrogen-bond donors (Lipinski definition) is 0. The van der Waals surface area contributed by atoms with Crippen LogP contribution in [-0.2, 0) is 4.74 Å². The molecule has 0 amide bonds. The minimum Gasteiger partial charge on any atom is -0.381 e. The molecule has 1 aliphatic rings. The van der Waals surface area contributed by atoms with Crippen LogP contribution in [0.1, 0.15) is 24.6 Å². The summed E-state index contributed by atoms with van der Waals surface area (Å²) >= 11 is 0. The van der Waals surface area contributed by atoms with Gasteiger partial charge in [-0.05, 0) is 18.9 Å². The molecule has 2 rings (SSSR count). The molecule has 0 bridgehead atoms. The Morgan fingerprint density at radius 1 is 1.17 bits per heavy atom. The van der Waals surface area contributed by atoms with Crippen molar-refractivity contribution in [2.45, 2.75) is 18.8 Å². The molecule has 1 fully saturated rings. The van der Waals surface area contributed by atoms with Crippen LogP contribution in [0.4, 0.5) is 0 Å². The summed E-state index contributed by atoms with van der Waals surface area (Å²) in [6.45, 7) is 1.70. The van der Waals surface area contributed by atoms with E-state index in [0.717, 1.165) is 31.9 Å². The van der Waals surface area contributed by atoms with Crippen molar-refractivity contribution in [3.05, 3.63) is 24.3 Å². The standard InChI is InChI=1S/C9H12N2O/c1-4-10-9(11-5-1)8-2-6-12-7-3-8/h1,4-5,8H,2-3,6-7H2. The lowest BCUT2D eigenvalue weighted by molar-refractivity contribution is 0.0836. The molecule has 3 nitrogen and oxygen atoms in total. The van der Waals surface area contributed by atoms with E-state index in [1.165, 1.54) is 0 Å². The Kier molecular flexibility index (Phi) is 2.32. The molecular formula is C9H12N2O. The minimum atomic E-state index is 0.514. The van der Waals surface area contributed by atoms with Crippen LogP contribution in [0.3, 0.4) is 0 Å². The molecule has 0 atom stereocenters. The third kappa shape index (κ3) is 1.61. The average Bonchev–Trinajstić information content (AvgIpc) is 2.21. The van der Waals surface area contributed by atoms with Crippen molar-refractivity contribution in [3.63, 3.8) is 0 Å². The maximum Gasteiger partial charge on any atom is 0.131 e.